The van der Waals surface area contributed by atoms with E-state index in [1.807, 2.05) is 0 Å². The number of hydrogen-bond acceptors (Lipinski definition) is 6. The molecule has 0 spiro atoms. The van der Waals surface area contributed by atoms with Gasteiger partial charge in [-0.3, -0.25) is 9.59 Å². The van der Waals surface area contributed by atoms with Crippen LogP contribution < -0.4 is 11.5 Å². The summed E-state index contributed by atoms with van der Waals surface area (Å²) >= 11 is 3.25. The minimum Gasteiger partial charge on any atom is -0.370 e. The van der Waals surface area contributed by atoms with E-state index in [0.29, 0.717) is 12.8 Å². The zero-order valence-electron chi connectivity index (χ0n) is 15.9. The molecule has 0 saturated heterocycles. The van der Waals surface area contributed by atoms with Crippen molar-refractivity contribution in [3.05, 3.63) is 10.0 Å². The number of amides is 2. The summed E-state index contributed by atoms with van der Waals surface area (Å²) in [6.45, 7) is 8.58. The van der Waals surface area contributed by atoms with Crippen LogP contribution in [0.4, 0.5) is 0 Å². The lowest BCUT2D eigenvalue weighted by molar-refractivity contribution is -0.119. The van der Waals surface area contributed by atoms with Crippen LogP contribution in [0.5, 0.6) is 0 Å². The van der Waals surface area contributed by atoms with Crippen LogP contribution >= 0.6 is 22.7 Å². The predicted octanol–water partition coefficient (Wildman–Crippen LogP) is 3.62. The van der Waals surface area contributed by atoms with Crippen LogP contribution in [-0.4, -0.2) is 21.8 Å². The second-order valence-corrected chi connectivity index (χ2v) is 10.0. The molecular formula is C18H28N4O2S2. The van der Waals surface area contributed by atoms with Crippen molar-refractivity contribution in [1.82, 2.24) is 9.97 Å². The second-order valence-electron chi connectivity index (χ2n) is 8.06. The third-order valence-corrected chi connectivity index (χ3v) is 7.34. The molecule has 4 N–H and O–H groups in total. The molecule has 26 heavy (non-hydrogen) atoms. The number of nitrogens with two attached hydrogens (primary N) is 2. The van der Waals surface area contributed by atoms with Gasteiger partial charge in [-0.15, -0.1) is 0 Å². The number of aromatic nitrogens is 2. The first-order valence-corrected chi connectivity index (χ1v) is 10.5. The summed E-state index contributed by atoms with van der Waals surface area (Å²) in [5.41, 5.74) is 10.3. The smallest absolute Gasteiger partial charge is 0.217 e. The average Bonchev–Trinajstić information content (AvgIpc) is 3.04. The van der Waals surface area contributed by atoms with Gasteiger partial charge in [0.25, 0.3) is 0 Å². The highest BCUT2D eigenvalue weighted by atomic mass is 32.1. The van der Waals surface area contributed by atoms with Crippen molar-refractivity contribution in [2.24, 2.45) is 11.5 Å². The quantitative estimate of drug-likeness (QED) is 0.638. The van der Waals surface area contributed by atoms with E-state index in [0.717, 1.165) is 45.4 Å². The maximum absolute atomic E-state index is 10.9. The van der Waals surface area contributed by atoms with Gasteiger partial charge in [0.15, 0.2) is 9.66 Å². The van der Waals surface area contributed by atoms with E-state index in [1.54, 1.807) is 22.7 Å². The van der Waals surface area contributed by atoms with Gasteiger partial charge in [-0.2, -0.15) is 0 Å². The van der Waals surface area contributed by atoms with Crippen molar-refractivity contribution in [2.45, 2.75) is 77.0 Å². The normalized spacial score (nSPS) is 12.6. The molecule has 0 unspecified atom stereocenters. The molecular weight excluding hydrogens is 368 g/mol. The average molecular weight is 397 g/mol. The van der Waals surface area contributed by atoms with Gasteiger partial charge in [-0.05, 0) is 25.7 Å². The summed E-state index contributed by atoms with van der Waals surface area (Å²) in [5.74, 6) is -0.517. The van der Waals surface area contributed by atoms with E-state index < -0.39 is 0 Å². The van der Waals surface area contributed by atoms with Crippen LogP contribution in [-0.2, 0) is 20.4 Å². The van der Waals surface area contributed by atoms with Crippen LogP contribution in [0.1, 0.15) is 76.2 Å². The molecule has 0 fully saturated rings. The molecule has 6 nitrogen and oxygen atoms in total. The number of carbonyl (C=O) groups is 2. The number of nitrogens with zero attached hydrogens (tertiary/aromatic N) is 2. The Morgan fingerprint density at radius 2 is 1.15 bits per heavy atom. The molecule has 8 heteroatoms. The monoisotopic (exact) mass is 396 g/mol. The molecule has 2 rings (SSSR count). The largest absolute Gasteiger partial charge is 0.370 e. The maximum atomic E-state index is 10.9. The molecule has 0 saturated carbocycles. The van der Waals surface area contributed by atoms with Crippen LogP contribution in [0.25, 0.3) is 9.66 Å². The fraction of sp³-hybridized carbons (Fsp3) is 0.667. The summed E-state index contributed by atoms with van der Waals surface area (Å²) in [4.78, 5) is 33.4. The standard InChI is InChI=1S/C18H28N4O2S2/c1-17(2,9-5-7-11(19)23)15-21-13-14(25-15)22-16(26-13)18(3,4)10-6-8-12(20)24/h5-10H2,1-4H3,(H2,19,23)(H2,20,24). The molecule has 2 heterocycles. The minimum absolute atomic E-state index is 0.0995. The molecule has 0 bridgehead atoms. The van der Waals surface area contributed by atoms with E-state index in [-0.39, 0.29) is 22.6 Å². The second kappa shape index (κ2) is 8.00. The van der Waals surface area contributed by atoms with Crippen LogP contribution in [0, 0.1) is 0 Å². The lowest BCUT2D eigenvalue weighted by atomic mass is 9.88. The van der Waals surface area contributed by atoms with Gasteiger partial charge in [-0.25, -0.2) is 9.97 Å². The van der Waals surface area contributed by atoms with Crippen LogP contribution in [0.15, 0.2) is 0 Å². The number of rotatable bonds is 10. The first kappa shape index (κ1) is 20.8. The molecule has 2 amide bonds. The Morgan fingerprint density at radius 1 is 0.808 bits per heavy atom. The molecule has 2 aromatic rings. The number of fused-ring (bicyclic) bond motifs is 1. The van der Waals surface area contributed by atoms with Gasteiger partial charge < -0.3 is 11.5 Å². The fourth-order valence-corrected chi connectivity index (χ4v) is 5.15. The molecule has 0 aromatic carbocycles. The first-order valence-electron chi connectivity index (χ1n) is 8.86. The Hall–Kier alpha value is -1.54. The van der Waals surface area contributed by atoms with E-state index in [9.17, 15) is 9.59 Å². The molecule has 0 aliphatic carbocycles. The van der Waals surface area contributed by atoms with Crippen molar-refractivity contribution in [2.75, 3.05) is 0 Å². The highest BCUT2D eigenvalue weighted by molar-refractivity contribution is 7.26. The van der Waals surface area contributed by atoms with Crippen molar-refractivity contribution in [1.29, 1.82) is 0 Å². The van der Waals surface area contributed by atoms with Crippen molar-refractivity contribution in [3.8, 4) is 0 Å². The minimum atomic E-state index is -0.259. The van der Waals surface area contributed by atoms with Gasteiger partial charge in [0.05, 0.1) is 0 Å². The number of hydrogen-bond donors (Lipinski definition) is 2. The van der Waals surface area contributed by atoms with E-state index in [4.69, 9.17) is 21.4 Å². The van der Waals surface area contributed by atoms with E-state index in [1.165, 1.54) is 0 Å². The first-order chi connectivity index (χ1) is 12.0. The fourth-order valence-electron chi connectivity index (χ4n) is 2.84. The Balaban J connectivity index is 2.10. The van der Waals surface area contributed by atoms with Crippen molar-refractivity contribution >= 4 is 44.1 Å². The Kier molecular flexibility index (Phi) is 6.39. The van der Waals surface area contributed by atoms with Gasteiger partial charge in [0, 0.05) is 23.7 Å². The third kappa shape index (κ3) is 5.23. The molecule has 0 radical (unpaired) electrons. The van der Waals surface area contributed by atoms with Gasteiger partial charge in [0.2, 0.25) is 11.8 Å². The summed E-state index contributed by atoms with van der Waals surface area (Å²) in [5, 5.41) is 2.10. The van der Waals surface area contributed by atoms with Gasteiger partial charge >= 0.3 is 0 Å². The maximum Gasteiger partial charge on any atom is 0.217 e. The van der Waals surface area contributed by atoms with Crippen molar-refractivity contribution in [3.63, 3.8) is 0 Å². The topological polar surface area (TPSA) is 112 Å². The zero-order chi connectivity index (χ0) is 19.5. The Labute approximate surface area is 162 Å². The van der Waals surface area contributed by atoms with Gasteiger partial charge in [-0.1, -0.05) is 50.4 Å². The van der Waals surface area contributed by atoms with Crippen LogP contribution in [0.3, 0.4) is 0 Å². The Bertz CT molecular complexity index is 699. The molecule has 2 aromatic heterocycles. The molecule has 0 aliphatic heterocycles. The number of carbonyl (C=O) groups excluding carboxylic acids is 2. The summed E-state index contributed by atoms with van der Waals surface area (Å²) in [6, 6.07) is 0. The SMILES string of the molecule is CC(C)(CCCC(N)=O)c1nc2sc(C(C)(C)CCCC(N)=O)nc2s1. The lowest BCUT2D eigenvalue weighted by Gasteiger charge is -2.22. The highest BCUT2D eigenvalue weighted by Gasteiger charge is 2.29. The number of primary amides is 2. The molecule has 0 atom stereocenters. The van der Waals surface area contributed by atoms with E-state index >= 15 is 0 Å². The number of thiazole rings is 2. The third-order valence-electron chi connectivity index (χ3n) is 4.58. The lowest BCUT2D eigenvalue weighted by Crippen LogP contribution is -2.19. The summed E-state index contributed by atoms with van der Waals surface area (Å²) in [6.07, 6.45) is 4.07. The summed E-state index contributed by atoms with van der Waals surface area (Å²) in [7, 11) is 0. The molecule has 144 valence electrons. The van der Waals surface area contributed by atoms with Gasteiger partial charge in [0.1, 0.15) is 10.0 Å². The van der Waals surface area contributed by atoms with Crippen LogP contribution in [0.2, 0.25) is 0 Å². The highest BCUT2D eigenvalue weighted by Crippen LogP contribution is 2.40. The summed E-state index contributed by atoms with van der Waals surface area (Å²) < 4.78 is 0. The van der Waals surface area contributed by atoms with Crippen molar-refractivity contribution < 1.29 is 9.59 Å². The van der Waals surface area contributed by atoms with E-state index in [2.05, 4.69) is 27.7 Å². The predicted molar refractivity (Wildman–Crippen MR) is 107 cm³/mol. The zero-order valence-corrected chi connectivity index (χ0v) is 17.6. The molecule has 0 aliphatic rings. The Morgan fingerprint density at radius 3 is 1.46 bits per heavy atom.